The Morgan fingerprint density at radius 3 is 3.07 bits per heavy atom. The minimum Gasteiger partial charge on any atom is -0.391 e. The minimum atomic E-state index is -0.591. The lowest BCUT2D eigenvalue weighted by atomic mass is 10.4. The number of fused-ring (bicyclic) bond motifs is 1. The van der Waals surface area contributed by atoms with Gasteiger partial charge in [0.25, 0.3) is 0 Å². The maximum Gasteiger partial charge on any atom is 0.162 e. The topological polar surface area (TPSA) is 50.9 Å². The second-order valence-corrected chi connectivity index (χ2v) is 3.73. The van der Waals surface area contributed by atoms with Crippen molar-refractivity contribution in [2.45, 2.75) is 19.6 Å². The Kier molecular flexibility index (Phi) is 2.58. The van der Waals surface area contributed by atoms with Crippen LogP contribution in [-0.2, 0) is 6.54 Å². The lowest BCUT2D eigenvalue weighted by molar-refractivity contribution is 0.169. The fourth-order valence-corrected chi connectivity index (χ4v) is 1.51. The van der Waals surface area contributed by atoms with Crippen LogP contribution in [0.2, 0.25) is 5.02 Å². The van der Waals surface area contributed by atoms with Crippen LogP contribution < -0.4 is 0 Å². The summed E-state index contributed by atoms with van der Waals surface area (Å²) >= 11 is 5.72. The van der Waals surface area contributed by atoms with Gasteiger partial charge < -0.3 is 5.11 Å². The van der Waals surface area contributed by atoms with Crippen molar-refractivity contribution in [3.63, 3.8) is 0 Å². The van der Waals surface area contributed by atoms with Crippen molar-refractivity contribution >= 4 is 22.6 Å². The molecule has 2 aromatic rings. The first-order valence-corrected chi connectivity index (χ1v) is 4.81. The molecule has 0 saturated carbocycles. The fraction of sp³-hybridized carbons (Fsp3) is 0.333. The molecule has 2 heterocycles. The fourth-order valence-electron chi connectivity index (χ4n) is 1.32. The third kappa shape index (κ3) is 1.93. The number of pyridine rings is 1. The largest absolute Gasteiger partial charge is 0.391 e. The van der Waals surface area contributed by atoms with Gasteiger partial charge in [0.05, 0.1) is 25.0 Å². The first-order chi connectivity index (χ1) is 7.08. The first-order valence-electron chi connectivity index (χ1n) is 4.43. The Balaban J connectivity index is 2.51. The van der Waals surface area contributed by atoms with E-state index in [0.717, 1.165) is 6.20 Å². The highest BCUT2D eigenvalue weighted by molar-refractivity contribution is 6.34. The Labute approximate surface area is 90.3 Å². The molecule has 0 bridgehead atoms. The van der Waals surface area contributed by atoms with E-state index in [-0.39, 0.29) is 5.02 Å². The van der Waals surface area contributed by atoms with Crippen LogP contribution in [0.15, 0.2) is 12.4 Å². The van der Waals surface area contributed by atoms with E-state index in [1.807, 2.05) is 0 Å². The van der Waals surface area contributed by atoms with E-state index in [9.17, 15) is 4.39 Å². The number of hydrogen-bond donors (Lipinski definition) is 1. The zero-order valence-corrected chi connectivity index (χ0v) is 8.74. The van der Waals surface area contributed by atoms with E-state index in [0.29, 0.717) is 17.6 Å². The Morgan fingerprint density at radius 1 is 1.67 bits per heavy atom. The third-order valence-corrected chi connectivity index (χ3v) is 2.29. The van der Waals surface area contributed by atoms with Gasteiger partial charge in [0.2, 0.25) is 0 Å². The van der Waals surface area contributed by atoms with Gasteiger partial charge >= 0.3 is 0 Å². The van der Waals surface area contributed by atoms with E-state index >= 15 is 0 Å². The van der Waals surface area contributed by atoms with Gasteiger partial charge in [-0.05, 0) is 6.92 Å². The van der Waals surface area contributed by atoms with Crippen LogP contribution in [0, 0.1) is 5.82 Å². The van der Waals surface area contributed by atoms with Crippen molar-refractivity contribution in [3.8, 4) is 0 Å². The van der Waals surface area contributed by atoms with Crippen molar-refractivity contribution in [1.82, 2.24) is 14.8 Å². The summed E-state index contributed by atoms with van der Waals surface area (Å²) in [7, 11) is 0. The maximum atomic E-state index is 13.0. The van der Waals surface area contributed by atoms with E-state index in [2.05, 4.69) is 10.1 Å². The number of aliphatic hydroxyl groups excluding tert-OH is 1. The molecule has 0 amide bonds. The standard InChI is InChI=1S/C9H9ClFN3O/c1-5(15)3-14-4-7-9(13-14)8(10)6(11)2-12-7/h2,4-5,15H,3H2,1H3. The van der Waals surface area contributed by atoms with E-state index in [1.165, 1.54) is 4.68 Å². The lowest BCUT2D eigenvalue weighted by Crippen LogP contribution is -2.11. The number of rotatable bonds is 2. The molecule has 4 nitrogen and oxygen atoms in total. The normalized spacial score (nSPS) is 13.3. The molecule has 15 heavy (non-hydrogen) atoms. The highest BCUT2D eigenvalue weighted by Crippen LogP contribution is 2.22. The molecule has 80 valence electrons. The molecule has 0 spiro atoms. The molecule has 6 heteroatoms. The molecule has 0 fully saturated rings. The summed E-state index contributed by atoms with van der Waals surface area (Å²) in [6, 6.07) is 0. The molecule has 0 aromatic carbocycles. The third-order valence-electron chi connectivity index (χ3n) is 1.93. The average Bonchev–Trinajstić information content (AvgIpc) is 2.54. The predicted octanol–water partition coefficient (Wildman–Crippen LogP) is 1.60. The summed E-state index contributed by atoms with van der Waals surface area (Å²) in [6.45, 7) is 1.97. The van der Waals surface area contributed by atoms with Gasteiger partial charge in [-0.1, -0.05) is 11.6 Å². The summed E-state index contributed by atoms with van der Waals surface area (Å²) < 4.78 is 14.5. The Hall–Kier alpha value is -1.20. The molecule has 0 radical (unpaired) electrons. The van der Waals surface area contributed by atoms with Gasteiger partial charge in [-0.25, -0.2) is 9.37 Å². The van der Waals surface area contributed by atoms with Gasteiger partial charge in [0, 0.05) is 0 Å². The van der Waals surface area contributed by atoms with Crippen LogP contribution in [0.5, 0.6) is 0 Å². The zero-order chi connectivity index (χ0) is 11.0. The molecule has 0 aliphatic rings. The molecule has 2 aromatic heterocycles. The van der Waals surface area contributed by atoms with Gasteiger partial charge in [0.1, 0.15) is 16.1 Å². The zero-order valence-electron chi connectivity index (χ0n) is 7.98. The minimum absolute atomic E-state index is 0.0376. The summed E-state index contributed by atoms with van der Waals surface area (Å²) in [5.74, 6) is -0.591. The van der Waals surface area contributed by atoms with Crippen LogP contribution in [-0.4, -0.2) is 26.0 Å². The quantitative estimate of drug-likeness (QED) is 0.851. The van der Waals surface area contributed by atoms with Crippen molar-refractivity contribution in [1.29, 1.82) is 0 Å². The lowest BCUT2D eigenvalue weighted by Gasteiger charge is -2.02. The number of aromatic nitrogens is 3. The molecule has 0 saturated heterocycles. The average molecular weight is 230 g/mol. The predicted molar refractivity (Wildman–Crippen MR) is 54.2 cm³/mol. The SMILES string of the molecule is CC(O)Cn1cc2ncc(F)c(Cl)c2n1. The summed E-state index contributed by atoms with van der Waals surface area (Å²) in [5, 5.41) is 13.2. The maximum absolute atomic E-state index is 13.0. The van der Waals surface area contributed by atoms with Gasteiger partial charge in [-0.15, -0.1) is 0 Å². The van der Waals surface area contributed by atoms with Crippen LogP contribution in [0.4, 0.5) is 4.39 Å². The van der Waals surface area contributed by atoms with Crippen LogP contribution in [0.3, 0.4) is 0 Å². The second kappa shape index (κ2) is 3.75. The highest BCUT2D eigenvalue weighted by Gasteiger charge is 2.11. The van der Waals surface area contributed by atoms with Crippen LogP contribution in [0.25, 0.3) is 11.0 Å². The van der Waals surface area contributed by atoms with E-state index < -0.39 is 11.9 Å². The van der Waals surface area contributed by atoms with Gasteiger partial charge in [-0.2, -0.15) is 5.10 Å². The van der Waals surface area contributed by atoms with Crippen LogP contribution >= 0.6 is 11.6 Å². The van der Waals surface area contributed by atoms with E-state index in [1.54, 1.807) is 13.1 Å². The molecule has 1 N–H and O–H groups in total. The molecule has 0 aliphatic carbocycles. The molecule has 2 rings (SSSR count). The molecule has 1 atom stereocenters. The Bertz CT molecular complexity index is 497. The highest BCUT2D eigenvalue weighted by atomic mass is 35.5. The molecule has 1 unspecified atom stereocenters. The molecule has 0 aliphatic heterocycles. The number of halogens is 2. The van der Waals surface area contributed by atoms with Crippen molar-refractivity contribution in [3.05, 3.63) is 23.2 Å². The number of hydrogen-bond acceptors (Lipinski definition) is 3. The van der Waals surface area contributed by atoms with Crippen molar-refractivity contribution in [2.75, 3.05) is 0 Å². The molecular formula is C9H9ClFN3O. The van der Waals surface area contributed by atoms with E-state index in [4.69, 9.17) is 16.7 Å². The summed E-state index contributed by atoms with van der Waals surface area (Å²) in [5.41, 5.74) is 0.833. The van der Waals surface area contributed by atoms with Crippen molar-refractivity contribution < 1.29 is 9.50 Å². The smallest absolute Gasteiger partial charge is 0.162 e. The summed E-state index contributed by atoms with van der Waals surface area (Å²) in [6.07, 6.45) is 2.15. The second-order valence-electron chi connectivity index (χ2n) is 3.35. The molecular weight excluding hydrogens is 221 g/mol. The monoisotopic (exact) mass is 229 g/mol. The van der Waals surface area contributed by atoms with Crippen LogP contribution in [0.1, 0.15) is 6.92 Å². The number of nitrogens with zero attached hydrogens (tertiary/aromatic N) is 3. The summed E-state index contributed by atoms with van der Waals surface area (Å²) in [4.78, 5) is 3.85. The van der Waals surface area contributed by atoms with Crippen molar-refractivity contribution in [2.24, 2.45) is 0 Å². The van der Waals surface area contributed by atoms with Gasteiger partial charge in [-0.3, -0.25) is 4.68 Å². The Morgan fingerprint density at radius 2 is 2.40 bits per heavy atom. The first kappa shape index (κ1) is 10.3. The van der Waals surface area contributed by atoms with Gasteiger partial charge in [0.15, 0.2) is 5.82 Å². The number of aliphatic hydroxyl groups is 1.